The summed E-state index contributed by atoms with van der Waals surface area (Å²) in [5.74, 6) is 0.865. The SMILES string of the molecule is COc1ccc(CCN2C(=O)C(C#N)=C(C)/C(=C\c3cn(-c4ccccc4)nc3-c3ccc(OCC(C)C)cc3C)C2=O)cc1. The number of carbonyl (C=O) groups is 2. The molecule has 1 aliphatic rings. The molecule has 5 rings (SSSR count). The molecule has 8 heteroatoms. The minimum absolute atomic E-state index is 0.0459. The van der Waals surface area contributed by atoms with Gasteiger partial charge in [0.1, 0.15) is 28.8 Å². The number of hydrogen-bond donors (Lipinski definition) is 0. The summed E-state index contributed by atoms with van der Waals surface area (Å²) in [5, 5.41) is 14.9. The number of nitrogens with zero attached hydrogens (tertiary/aromatic N) is 4. The van der Waals surface area contributed by atoms with Crippen molar-refractivity contribution in [2.24, 2.45) is 5.92 Å². The van der Waals surface area contributed by atoms with E-state index in [0.29, 0.717) is 35.8 Å². The lowest BCUT2D eigenvalue weighted by Gasteiger charge is -2.27. The third kappa shape index (κ3) is 6.73. The molecular formula is C37H36N4O4. The molecule has 0 saturated carbocycles. The fraction of sp³-hybridized carbons (Fsp3) is 0.243. The second-order valence-electron chi connectivity index (χ2n) is 11.4. The smallest absolute Gasteiger partial charge is 0.271 e. The Morgan fingerprint density at radius 3 is 2.31 bits per heavy atom. The zero-order valence-corrected chi connectivity index (χ0v) is 26.2. The number of para-hydroxylation sites is 1. The van der Waals surface area contributed by atoms with Crippen molar-refractivity contribution in [2.45, 2.75) is 34.1 Å². The van der Waals surface area contributed by atoms with E-state index in [1.165, 1.54) is 0 Å². The van der Waals surface area contributed by atoms with Crippen molar-refractivity contribution in [2.75, 3.05) is 20.3 Å². The van der Waals surface area contributed by atoms with Gasteiger partial charge in [-0.15, -0.1) is 0 Å². The van der Waals surface area contributed by atoms with Crippen LogP contribution < -0.4 is 9.47 Å². The van der Waals surface area contributed by atoms with E-state index in [4.69, 9.17) is 14.6 Å². The van der Waals surface area contributed by atoms with E-state index in [0.717, 1.165) is 38.8 Å². The highest BCUT2D eigenvalue weighted by molar-refractivity contribution is 6.19. The van der Waals surface area contributed by atoms with Crippen LogP contribution in [0.5, 0.6) is 11.5 Å². The van der Waals surface area contributed by atoms with Gasteiger partial charge in [-0.05, 0) is 91.4 Å². The highest BCUT2D eigenvalue weighted by atomic mass is 16.5. The van der Waals surface area contributed by atoms with Crippen molar-refractivity contribution in [3.8, 4) is 34.5 Å². The Bertz CT molecular complexity index is 1830. The van der Waals surface area contributed by atoms with Crippen molar-refractivity contribution in [1.82, 2.24) is 14.7 Å². The number of amides is 2. The van der Waals surface area contributed by atoms with Crippen LogP contribution in [0.15, 0.2) is 95.7 Å². The minimum atomic E-state index is -0.585. The zero-order valence-electron chi connectivity index (χ0n) is 26.2. The van der Waals surface area contributed by atoms with Crippen LogP contribution in [-0.4, -0.2) is 46.8 Å². The maximum Gasteiger partial charge on any atom is 0.271 e. The topological polar surface area (TPSA) is 97.5 Å². The van der Waals surface area contributed by atoms with Crippen LogP contribution in [-0.2, 0) is 16.0 Å². The molecule has 0 atom stereocenters. The normalized spacial score (nSPS) is 14.3. The Morgan fingerprint density at radius 2 is 1.67 bits per heavy atom. The first-order valence-electron chi connectivity index (χ1n) is 14.9. The first kappa shape index (κ1) is 31.0. The molecule has 45 heavy (non-hydrogen) atoms. The highest BCUT2D eigenvalue weighted by Gasteiger charge is 2.35. The molecule has 1 aromatic heterocycles. The lowest BCUT2D eigenvalue weighted by molar-refractivity contribution is -0.140. The minimum Gasteiger partial charge on any atom is -0.497 e. The molecule has 0 spiro atoms. The molecule has 2 heterocycles. The van der Waals surface area contributed by atoms with Crippen molar-refractivity contribution in [3.63, 3.8) is 0 Å². The zero-order chi connectivity index (χ0) is 32.1. The molecule has 0 N–H and O–H groups in total. The van der Waals surface area contributed by atoms with Crippen molar-refractivity contribution in [3.05, 3.63) is 112 Å². The van der Waals surface area contributed by atoms with Gasteiger partial charge in [0.15, 0.2) is 0 Å². The average Bonchev–Trinajstić information content (AvgIpc) is 3.46. The van der Waals surface area contributed by atoms with E-state index in [1.54, 1.807) is 24.8 Å². The Balaban J connectivity index is 1.56. The largest absolute Gasteiger partial charge is 0.497 e. The van der Waals surface area contributed by atoms with Gasteiger partial charge in [-0.2, -0.15) is 10.4 Å². The van der Waals surface area contributed by atoms with E-state index in [-0.39, 0.29) is 17.7 Å². The molecule has 0 fully saturated rings. The van der Waals surface area contributed by atoms with E-state index in [9.17, 15) is 14.9 Å². The summed E-state index contributed by atoms with van der Waals surface area (Å²) in [4.78, 5) is 28.4. The second-order valence-corrected chi connectivity index (χ2v) is 11.4. The molecular weight excluding hydrogens is 564 g/mol. The quantitative estimate of drug-likeness (QED) is 0.148. The number of methoxy groups -OCH3 is 1. The average molecular weight is 601 g/mol. The van der Waals surface area contributed by atoms with Gasteiger partial charge >= 0.3 is 0 Å². The van der Waals surface area contributed by atoms with E-state index >= 15 is 0 Å². The number of nitriles is 1. The number of hydrogen-bond acceptors (Lipinski definition) is 6. The molecule has 0 aliphatic carbocycles. The van der Waals surface area contributed by atoms with Gasteiger partial charge in [-0.25, -0.2) is 4.68 Å². The van der Waals surface area contributed by atoms with Crippen LogP contribution in [0.4, 0.5) is 0 Å². The van der Waals surface area contributed by atoms with Crippen molar-refractivity contribution >= 4 is 17.9 Å². The lowest BCUT2D eigenvalue weighted by Crippen LogP contribution is -2.43. The Kier molecular flexibility index (Phi) is 9.29. The fourth-order valence-electron chi connectivity index (χ4n) is 5.19. The molecule has 0 unspecified atom stereocenters. The van der Waals surface area contributed by atoms with Crippen LogP contribution in [0.25, 0.3) is 23.0 Å². The Morgan fingerprint density at radius 1 is 0.956 bits per heavy atom. The number of aromatic nitrogens is 2. The standard InChI is InChI=1S/C37H36N4O4/c1-24(2)23-45-31-15-16-32(25(3)19-31)35-28(22-41(39-35)29-9-7-6-8-10-29)20-33-26(4)34(21-38)37(43)40(36(33)42)18-17-27-11-13-30(44-5)14-12-27/h6-16,19-20,22,24H,17-18,23H2,1-5H3/b33-20+. The third-order valence-electron chi connectivity index (χ3n) is 7.71. The summed E-state index contributed by atoms with van der Waals surface area (Å²) in [6, 6.07) is 25.1. The summed E-state index contributed by atoms with van der Waals surface area (Å²) in [6.45, 7) is 8.60. The van der Waals surface area contributed by atoms with Crippen molar-refractivity contribution < 1.29 is 19.1 Å². The van der Waals surface area contributed by atoms with Gasteiger partial charge in [0.25, 0.3) is 11.8 Å². The summed E-state index contributed by atoms with van der Waals surface area (Å²) in [5.41, 5.74) is 5.57. The summed E-state index contributed by atoms with van der Waals surface area (Å²) in [7, 11) is 1.60. The van der Waals surface area contributed by atoms with Gasteiger partial charge in [-0.3, -0.25) is 14.5 Å². The molecule has 8 nitrogen and oxygen atoms in total. The number of imide groups is 1. The fourth-order valence-corrected chi connectivity index (χ4v) is 5.19. The third-order valence-corrected chi connectivity index (χ3v) is 7.71. The molecule has 0 bridgehead atoms. The predicted molar refractivity (Wildman–Crippen MR) is 174 cm³/mol. The Hall–Kier alpha value is -5.42. The molecule has 1 aliphatic heterocycles. The molecule has 4 aromatic rings. The molecule has 228 valence electrons. The number of benzene rings is 3. The monoisotopic (exact) mass is 600 g/mol. The summed E-state index contributed by atoms with van der Waals surface area (Å²) in [6.07, 6.45) is 4.05. The van der Waals surface area contributed by atoms with Crippen LogP contribution in [0.1, 0.15) is 37.5 Å². The highest BCUT2D eigenvalue weighted by Crippen LogP contribution is 2.33. The van der Waals surface area contributed by atoms with E-state index in [1.807, 2.05) is 92.0 Å². The molecule has 3 aromatic carbocycles. The summed E-state index contributed by atoms with van der Waals surface area (Å²) >= 11 is 0. The predicted octanol–water partition coefficient (Wildman–Crippen LogP) is 6.73. The van der Waals surface area contributed by atoms with Crippen LogP contribution in [0.2, 0.25) is 0 Å². The van der Waals surface area contributed by atoms with Gasteiger partial charge in [0.2, 0.25) is 0 Å². The number of ether oxygens (including phenoxy) is 2. The molecule has 0 saturated heterocycles. The first-order chi connectivity index (χ1) is 21.7. The van der Waals surface area contributed by atoms with Crippen LogP contribution in [0, 0.1) is 24.2 Å². The second kappa shape index (κ2) is 13.5. The maximum atomic E-state index is 13.9. The lowest BCUT2D eigenvalue weighted by atomic mass is 9.92. The van der Waals surface area contributed by atoms with Gasteiger partial charge in [0.05, 0.1) is 19.4 Å². The number of carbonyl (C=O) groups excluding carboxylic acids is 2. The number of rotatable bonds is 10. The van der Waals surface area contributed by atoms with Crippen LogP contribution >= 0.6 is 0 Å². The summed E-state index contributed by atoms with van der Waals surface area (Å²) < 4.78 is 12.9. The molecule has 2 amide bonds. The Labute approximate surface area is 263 Å². The van der Waals surface area contributed by atoms with E-state index < -0.39 is 11.8 Å². The molecule has 0 radical (unpaired) electrons. The van der Waals surface area contributed by atoms with E-state index in [2.05, 4.69) is 13.8 Å². The first-order valence-corrected chi connectivity index (χ1v) is 14.9. The van der Waals surface area contributed by atoms with Crippen LogP contribution in [0.3, 0.4) is 0 Å². The van der Waals surface area contributed by atoms with Gasteiger partial charge in [0, 0.05) is 29.4 Å². The maximum absolute atomic E-state index is 13.9. The number of aryl methyl sites for hydroxylation is 1. The van der Waals surface area contributed by atoms with Gasteiger partial charge in [-0.1, -0.05) is 44.2 Å². The van der Waals surface area contributed by atoms with Crippen molar-refractivity contribution in [1.29, 1.82) is 5.26 Å². The van der Waals surface area contributed by atoms with Gasteiger partial charge < -0.3 is 9.47 Å².